The standard InChI is InChI=1S/C33H39NO9/c1-31-14-12-21(35)16-20(31)8-9-22-23-13-15-33(42,32(23,2)17-24(36)28(22)31)25(37)18-43-27(39)11-10-26(38)34-29(30(40)41)19-6-4-3-5-7-19/h3-7,16,22-23,28-29,42H,8-15,17-18H2,1-2H3,(H,34,38)(H,40,41)/t22-,23-,28+,29-,31-,32-,33-/m0/s1. The number of amides is 1. The first-order valence-electron chi connectivity index (χ1n) is 15.0. The number of esters is 1. The summed E-state index contributed by atoms with van der Waals surface area (Å²) in [6, 6.07) is 6.88. The van der Waals surface area contributed by atoms with Crippen LogP contribution in [-0.4, -0.2) is 57.6 Å². The molecule has 1 amide bonds. The summed E-state index contributed by atoms with van der Waals surface area (Å²) < 4.78 is 5.15. The number of ketones is 3. The molecule has 3 saturated carbocycles. The fourth-order valence-corrected chi connectivity index (χ4v) is 8.57. The minimum atomic E-state index is -1.83. The molecule has 0 radical (unpaired) electrons. The Bertz CT molecular complexity index is 1390. The van der Waals surface area contributed by atoms with E-state index in [0.29, 0.717) is 24.8 Å². The van der Waals surface area contributed by atoms with Crippen LogP contribution in [0.5, 0.6) is 0 Å². The number of carboxylic acid groups (broad SMARTS) is 1. The molecule has 10 nitrogen and oxygen atoms in total. The molecule has 0 aromatic heterocycles. The number of aliphatic carboxylic acids is 1. The quantitative estimate of drug-likeness (QED) is 0.365. The van der Waals surface area contributed by atoms with Crippen LogP contribution in [0.25, 0.3) is 0 Å². The molecule has 3 fully saturated rings. The van der Waals surface area contributed by atoms with E-state index < -0.39 is 47.3 Å². The van der Waals surface area contributed by atoms with Crippen molar-refractivity contribution in [3.63, 3.8) is 0 Å². The number of allylic oxidation sites excluding steroid dienone is 1. The molecule has 10 heteroatoms. The van der Waals surface area contributed by atoms with Crippen LogP contribution in [0.1, 0.15) is 83.2 Å². The zero-order valence-electron chi connectivity index (χ0n) is 24.6. The molecule has 0 saturated heterocycles. The van der Waals surface area contributed by atoms with Crippen LogP contribution in [0.15, 0.2) is 42.0 Å². The second kappa shape index (κ2) is 11.4. The third kappa shape index (κ3) is 5.34. The van der Waals surface area contributed by atoms with Crippen molar-refractivity contribution >= 4 is 35.2 Å². The third-order valence-corrected chi connectivity index (χ3v) is 10.9. The summed E-state index contributed by atoms with van der Waals surface area (Å²) in [6.45, 7) is 3.20. The van der Waals surface area contributed by atoms with Gasteiger partial charge in [0.1, 0.15) is 11.4 Å². The van der Waals surface area contributed by atoms with E-state index in [0.717, 1.165) is 18.4 Å². The summed E-state index contributed by atoms with van der Waals surface area (Å²) in [5, 5.41) is 23.6. The van der Waals surface area contributed by atoms with E-state index in [4.69, 9.17) is 4.74 Å². The molecule has 1 aromatic rings. The number of fused-ring (bicyclic) bond motifs is 5. The highest BCUT2D eigenvalue weighted by molar-refractivity contribution is 5.95. The van der Waals surface area contributed by atoms with Gasteiger partial charge in [-0.2, -0.15) is 0 Å². The lowest BCUT2D eigenvalue weighted by Crippen LogP contribution is -2.61. The first kappa shape index (κ1) is 30.8. The van der Waals surface area contributed by atoms with Crippen molar-refractivity contribution in [2.24, 2.45) is 28.6 Å². The van der Waals surface area contributed by atoms with Crippen LogP contribution >= 0.6 is 0 Å². The van der Waals surface area contributed by atoms with E-state index in [1.54, 1.807) is 43.3 Å². The number of carbonyl (C=O) groups is 6. The SMILES string of the molecule is C[C@]12CCC(=O)C=C1CC[C@@H]1[C@@H]2C(=O)C[C@@]2(C)[C@H]1CC[C@]2(O)C(=O)COC(=O)CCC(=O)N[C@H](C(=O)O)c1ccccc1. The van der Waals surface area contributed by atoms with Crippen LogP contribution in [0, 0.1) is 28.6 Å². The largest absolute Gasteiger partial charge is 0.479 e. The normalized spacial score (nSPS) is 33.7. The number of nitrogens with one attached hydrogen (secondary N) is 1. The predicted octanol–water partition coefficient (Wildman–Crippen LogP) is 3.26. The fourth-order valence-electron chi connectivity index (χ4n) is 8.57. The van der Waals surface area contributed by atoms with E-state index in [2.05, 4.69) is 12.2 Å². The lowest BCUT2D eigenvalue weighted by atomic mass is 9.46. The molecule has 5 rings (SSSR count). The molecule has 7 atom stereocenters. The monoisotopic (exact) mass is 593 g/mol. The summed E-state index contributed by atoms with van der Waals surface area (Å²) in [4.78, 5) is 75.7. The Balaban J connectivity index is 1.19. The van der Waals surface area contributed by atoms with Crippen LogP contribution < -0.4 is 5.32 Å². The van der Waals surface area contributed by atoms with E-state index in [-0.39, 0.29) is 60.4 Å². The van der Waals surface area contributed by atoms with Gasteiger partial charge in [0.25, 0.3) is 0 Å². The predicted molar refractivity (Wildman–Crippen MR) is 152 cm³/mol. The molecule has 0 aliphatic heterocycles. The van der Waals surface area contributed by atoms with Gasteiger partial charge in [0.15, 0.2) is 18.4 Å². The Kier molecular flexibility index (Phi) is 8.19. The summed E-state index contributed by atoms with van der Waals surface area (Å²) >= 11 is 0. The maximum absolute atomic E-state index is 13.8. The number of ether oxygens (including phenoxy) is 1. The van der Waals surface area contributed by atoms with Gasteiger partial charge in [0, 0.05) is 30.6 Å². The molecular weight excluding hydrogens is 554 g/mol. The summed E-state index contributed by atoms with van der Waals surface area (Å²) in [5.74, 6) is -3.61. The van der Waals surface area contributed by atoms with Gasteiger partial charge >= 0.3 is 11.9 Å². The maximum atomic E-state index is 13.8. The van der Waals surface area contributed by atoms with E-state index >= 15 is 0 Å². The van der Waals surface area contributed by atoms with Gasteiger partial charge in [-0.15, -0.1) is 0 Å². The number of benzene rings is 1. The highest BCUT2D eigenvalue weighted by Crippen LogP contribution is 2.66. The summed E-state index contributed by atoms with van der Waals surface area (Å²) in [6.07, 6.45) is 4.27. The summed E-state index contributed by atoms with van der Waals surface area (Å²) in [7, 11) is 0. The second-order valence-electron chi connectivity index (χ2n) is 13.1. The van der Waals surface area contributed by atoms with Gasteiger partial charge in [-0.1, -0.05) is 49.8 Å². The molecular formula is C33H39NO9. The Hall–Kier alpha value is -3.66. The first-order valence-corrected chi connectivity index (χ1v) is 15.0. The molecule has 0 bridgehead atoms. The Morgan fingerprint density at radius 1 is 1.02 bits per heavy atom. The van der Waals surface area contributed by atoms with Crippen molar-refractivity contribution in [2.75, 3.05) is 6.61 Å². The van der Waals surface area contributed by atoms with Crippen molar-refractivity contribution in [3.05, 3.63) is 47.5 Å². The van der Waals surface area contributed by atoms with E-state index in [1.807, 2.05) is 0 Å². The minimum absolute atomic E-state index is 0.00463. The molecule has 0 unspecified atom stereocenters. The molecule has 0 heterocycles. The number of hydrogen-bond donors (Lipinski definition) is 3. The summed E-state index contributed by atoms with van der Waals surface area (Å²) in [5.41, 5.74) is -1.79. The number of aliphatic hydroxyl groups is 1. The van der Waals surface area contributed by atoms with E-state index in [9.17, 15) is 39.0 Å². The molecule has 1 aromatic carbocycles. The van der Waals surface area contributed by atoms with E-state index in [1.165, 1.54) is 0 Å². The fraction of sp³-hybridized carbons (Fsp3) is 0.576. The number of carbonyl (C=O) groups excluding carboxylic acids is 5. The molecule has 43 heavy (non-hydrogen) atoms. The van der Waals surface area contributed by atoms with Gasteiger partial charge < -0.3 is 20.3 Å². The Morgan fingerprint density at radius 2 is 1.74 bits per heavy atom. The Morgan fingerprint density at radius 3 is 2.44 bits per heavy atom. The molecule has 3 N–H and O–H groups in total. The second-order valence-corrected chi connectivity index (χ2v) is 13.1. The number of rotatable bonds is 9. The van der Waals surface area contributed by atoms with Crippen molar-refractivity contribution < 1.29 is 43.7 Å². The van der Waals surface area contributed by atoms with Crippen LogP contribution in [0.2, 0.25) is 0 Å². The average molecular weight is 594 g/mol. The lowest BCUT2D eigenvalue weighted by Gasteiger charge is -2.57. The van der Waals surface area contributed by atoms with Gasteiger partial charge in [0.05, 0.1) is 6.42 Å². The van der Waals surface area contributed by atoms with Crippen molar-refractivity contribution in [3.8, 4) is 0 Å². The molecule has 230 valence electrons. The molecule has 0 spiro atoms. The smallest absolute Gasteiger partial charge is 0.330 e. The van der Waals surface area contributed by atoms with Gasteiger partial charge in [-0.25, -0.2) is 4.79 Å². The van der Waals surface area contributed by atoms with Crippen LogP contribution in [0.4, 0.5) is 0 Å². The first-order chi connectivity index (χ1) is 20.3. The zero-order chi connectivity index (χ0) is 31.2. The van der Waals surface area contributed by atoms with Gasteiger partial charge in [-0.05, 0) is 61.0 Å². The van der Waals surface area contributed by atoms with Crippen molar-refractivity contribution in [1.29, 1.82) is 0 Å². The maximum Gasteiger partial charge on any atom is 0.330 e. The number of carboxylic acids is 1. The highest BCUT2D eigenvalue weighted by atomic mass is 16.5. The van der Waals surface area contributed by atoms with Crippen LogP contribution in [-0.2, 0) is 33.5 Å². The van der Waals surface area contributed by atoms with Gasteiger partial charge in [0.2, 0.25) is 11.7 Å². The number of hydrogen-bond acceptors (Lipinski definition) is 8. The lowest BCUT2D eigenvalue weighted by molar-refractivity contribution is -0.173. The average Bonchev–Trinajstić information content (AvgIpc) is 3.24. The zero-order valence-corrected chi connectivity index (χ0v) is 24.6. The number of Topliss-reactive ketones (excluding diaryl/α,β-unsaturated/α-hetero) is 2. The van der Waals surface area contributed by atoms with Crippen LogP contribution in [0.3, 0.4) is 0 Å². The van der Waals surface area contributed by atoms with Crippen molar-refractivity contribution in [2.45, 2.75) is 83.3 Å². The minimum Gasteiger partial charge on any atom is -0.479 e. The third-order valence-electron chi connectivity index (χ3n) is 10.9. The highest BCUT2D eigenvalue weighted by Gasteiger charge is 2.68. The topological polar surface area (TPSA) is 164 Å². The molecule has 4 aliphatic rings. The Labute approximate surface area is 250 Å². The molecule has 4 aliphatic carbocycles. The van der Waals surface area contributed by atoms with Gasteiger partial charge in [-0.3, -0.25) is 24.0 Å². The van der Waals surface area contributed by atoms with Crippen molar-refractivity contribution in [1.82, 2.24) is 5.32 Å².